The van der Waals surface area contributed by atoms with E-state index in [0.717, 1.165) is 25.2 Å². The summed E-state index contributed by atoms with van der Waals surface area (Å²) in [7, 11) is 1.40. The number of methoxy groups -OCH3 is 1. The summed E-state index contributed by atoms with van der Waals surface area (Å²) in [5.74, 6) is 0.247. The van der Waals surface area contributed by atoms with Gasteiger partial charge in [0.25, 0.3) is 0 Å². The number of benzene rings is 1. The summed E-state index contributed by atoms with van der Waals surface area (Å²) in [4.78, 5) is 13.8. The number of ether oxygens (including phenoxy) is 1. The minimum Gasteiger partial charge on any atom is -0.465 e. The van der Waals surface area contributed by atoms with Crippen LogP contribution < -0.4 is 5.73 Å². The van der Waals surface area contributed by atoms with Crippen LogP contribution in [-0.2, 0) is 11.3 Å². The van der Waals surface area contributed by atoms with E-state index in [1.165, 1.54) is 7.11 Å². The number of carbonyl (C=O) groups is 1. The first-order valence-corrected chi connectivity index (χ1v) is 6.25. The minimum atomic E-state index is -0.289. The molecule has 0 saturated carbocycles. The van der Waals surface area contributed by atoms with Crippen molar-refractivity contribution in [3.8, 4) is 0 Å². The Hall–Kier alpha value is -1.39. The Kier molecular flexibility index (Phi) is 3.99. The van der Waals surface area contributed by atoms with Gasteiger partial charge in [0, 0.05) is 25.7 Å². The van der Waals surface area contributed by atoms with Crippen molar-refractivity contribution in [2.45, 2.75) is 19.5 Å². The highest BCUT2D eigenvalue weighted by molar-refractivity contribution is 5.89. The van der Waals surface area contributed by atoms with Crippen LogP contribution in [0.25, 0.3) is 0 Å². The molecule has 1 fully saturated rings. The van der Waals surface area contributed by atoms with Gasteiger partial charge in [0.15, 0.2) is 0 Å². The molecule has 98 valence electrons. The SMILES string of the molecule is COC(=O)c1cccc(CN2CC(C)C(N)C2)c1. The molecule has 1 aromatic carbocycles. The third kappa shape index (κ3) is 2.89. The molecule has 1 saturated heterocycles. The number of esters is 1. The Labute approximate surface area is 108 Å². The molecule has 4 heteroatoms. The second-order valence-corrected chi connectivity index (χ2v) is 5.03. The average molecular weight is 248 g/mol. The van der Waals surface area contributed by atoms with E-state index in [-0.39, 0.29) is 12.0 Å². The molecule has 1 aromatic rings. The van der Waals surface area contributed by atoms with Gasteiger partial charge in [-0.3, -0.25) is 4.90 Å². The Morgan fingerprint density at radius 3 is 2.89 bits per heavy atom. The van der Waals surface area contributed by atoms with Crippen molar-refractivity contribution in [1.82, 2.24) is 4.90 Å². The molecule has 0 spiro atoms. The van der Waals surface area contributed by atoms with Gasteiger partial charge in [-0.2, -0.15) is 0 Å². The minimum absolute atomic E-state index is 0.258. The van der Waals surface area contributed by atoms with Crippen molar-refractivity contribution in [2.24, 2.45) is 11.7 Å². The molecule has 0 aliphatic carbocycles. The summed E-state index contributed by atoms with van der Waals surface area (Å²) >= 11 is 0. The van der Waals surface area contributed by atoms with Gasteiger partial charge < -0.3 is 10.5 Å². The van der Waals surface area contributed by atoms with Gasteiger partial charge in [-0.1, -0.05) is 19.1 Å². The van der Waals surface area contributed by atoms with Crippen molar-refractivity contribution >= 4 is 5.97 Å². The number of nitrogens with zero attached hydrogens (tertiary/aromatic N) is 1. The van der Waals surface area contributed by atoms with Gasteiger partial charge in [-0.05, 0) is 23.6 Å². The molecule has 2 atom stereocenters. The van der Waals surface area contributed by atoms with Crippen molar-refractivity contribution in [2.75, 3.05) is 20.2 Å². The van der Waals surface area contributed by atoms with E-state index in [2.05, 4.69) is 11.8 Å². The van der Waals surface area contributed by atoms with Gasteiger partial charge in [0.05, 0.1) is 12.7 Å². The highest BCUT2D eigenvalue weighted by Gasteiger charge is 2.26. The number of hydrogen-bond donors (Lipinski definition) is 1. The fourth-order valence-corrected chi connectivity index (χ4v) is 2.40. The lowest BCUT2D eigenvalue weighted by atomic mass is 10.1. The van der Waals surface area contributed by atoms with Crippen LogP contribution in [0.3, 0.4) is 0 Å². The number of likely N-dealkylation sites (tertiary alicyclic amines) is 1. The molecular weight excluding hydrogens is 228 g/mol. The molecule has 4 nitrogen and oxygen atoms in total. The number of carbonyl (C=O) groups excluding carboxylic acids is 1. The highest BCUT2D eigenvalue weighted by Crippen LogP contribution is 2.18. The smallest absolute Gasteiger partial charge is 0.337 e. The van der Waals surface area contributed by atoms with E-state index in [4.69, 9.17) is 10.5 Å². The van der Waals surface area contributed by atoms with Crippen LogP contribution in [0.4, 0.5) is 0 Å². The number of hydrogen-bond acceptors (Lipinski definition) is 4. The molecule has 1 aliphatic heterocycles. The van der Waals surface area contributed by atoms with Gasteiger partial charge in [0.1, 0.15) is 0 Å². The topological polar surface area (TPSA) is 55.6 Å². The van der Waals surface area contributed by atoms with Gasteiger partial charge >= 0.3 is 5.97 Å². The predicted molar refractivity (Wildman–Crippen MR) is 70.2 cm³/mol. The van der Waals surface area contributed by atoms with E-state index >= 15 is 0 Å². The Balaban J connectivity index is 2.04. The van der Waals surface area contributed by atoms with Crippen LogP contribution in [-0.4, -0.2) is 37.1 Å². The van der Waals surface area contributed by atoms with Crippen LogP contribution in [0.1, 0.15) is 22.8 Å². The summed E-state index contributed by atoms with van der Waals surface area (Å²) in [6, 6.07) is 7.84. The maximum atomic E-state index is 11.5. The zero-order valence-corrected chi connectivity index (χ0v) is 10.9. The molecule has 2 N–H and O–H groups in total. The largest absolute Gasteiger partial charge is 0.465 e. The normalized spacial score (nSPS) is 24.2. The first kappa shape index (κ1) is 13.1. The summed E-state index contributed by atoms with van der Waals surface area (Å²) in [5, 5.41) is 0. The van der Waals surface area contributed by atoms with Crippen LogP contribution in [0, 0.1) is 5.92 Å². The first-order chi connectivity index (χ1) is 8.60. The van der Waals surface area contributed by atoms with E-state index in [1.54, 1.807) is 6.07 Å². The molecule has 1 heterocycles. The lowest BCUT2D eigenvalue weighted by Crippen LogP contribution is -2.28. The molecule has 0 amide bonds. The van der Waals surface area contributed by atoms with Crippen LogP contribution in [0.5, 0.6) is 0 Å². The zero-order chi connectivity index (χ0) is 13.1. The molecule has 18 heavy (non-hydrogen) atoms. The van der Waals surface area contributed by atoms with E-state index < -0.39 is 0 Å². The quantitative estimate of drug-likeness (QED) is 0.818. The molecule has 1 aliphatic rings. The number of rotatable bonds is 3. The standard InChI is InChI=1S/C14H20N2O2/c1-10-7-16(9-13(10)15)8-11-4-3-5-12(6-11)14(17)18-2/h3-6,10,13H,7-9,15H2,1-2H3. The Morgan fingerprint density at radius 2 is 2.28 bits per heavy atom. The van der Waals surface area contributed by atoms with E-state index in [9.17, 15) is 4.79 Å². The average Bonchev–Trinajstić information content (AvgIpc) is 2.67. The Bertz CT molecular complexity index is 424. The van der Waals surface area contributed by atoms with Crippen molar-refractivity contribution < 1.29 is 9.53 Å². The fourth-order valence-electron chi connectivity index (χ4n) is 2.40. The van der Waals surface area contributed by atoms with Crippen LogP contribution >= 0.6 is 0 Å². The zero-order valence-electron chi connectivity index (χ0n) is 10.9. The maximum absolute atomic E-state index is 11.5. The summed E-state index contributed by atoms with van der Waals surface area (Å²) in [6.07, 6.45) is 0. The predicted octanol–water partition coefficient (Wildman–Crippen LogP) is 1.25. The first-order valence-electron chi connectivity index (χ1n) is 6.25. The van der Waals surface area contributed by atoms with Crippen LogP contribution in [0.2, 0.25) is 0 Å². The van der Waals surface area contributed by atoms with Crippen molar-refractivity contribution in [1.29, 1.82) is 0 Å². The summed E-state index contributed by atoms with van der Waals surface area (Å²) in [5.41, 5.74) is 7.73. The van der Waals surface area contributed by atoms with E-state index in [1.807, 2.05) is 18.2 Å². The third-order valence-electron chi connectivity index (χ3n) is 3.50. The second-order valence-electron chi connectivity index (χ2n) is 5.03. The second kappa shape index (κ2) is 5.50. The summed E-state index contributed by atoms with van der Waals surface area (Å²) in [6.45, 7) is 4.95. The molecular formula is C14H20N2O2. The summed E-state index contributed by atoms with van der Waals surface area (Å²) < 4.78 is 4.72. The lowest BCUT2D eigenvalue weighted by molar-refractivity contribution is 0.0600. The lowest BCUT2D eigenvalue weighted by Gasteiger charge is -2.15. The van der Waals surface area contributed by atoms with Crippen molar-refractivity contribution in [3.05, 3.63) is 35.4 Å². The van der Waals surface area contributed by atoms with Gasteiger partial charge in [-0.25, -0.2) is 4.79 Å². The molecule has 2 unspecified atom stereocenters. The third-order valence-corrected chi connectivity index (χ3v) is 3.50. The van der Waals surface area contributed by atoms with Crippen molar-refractivity contribution in [3.63, 3.8) is 0 Å². The highest BCUT2D eigenvalue weighted by atomic mass is 16.5. The maximum Gasteiger partial charge on any atom is 0.337 e. The molecule has 2 rings (SSSR count). The van der Waals surface area contributed by atoms with E-state index in [0.29, 0.717) is 11.5 Å². The Morgan fingerprint density at radius 1 is 1.50 bits per heavy atom. The molecule has 0 radical (unpaired) electrons. The fraction of sp³-hybridized carbons (Fsp3) is 0.500. The molecule has 0 aromatic heterocycles. The van der Waals surface area contributed by atoms with Crippen LogP contribution in [0.15, 0.2) is 24.3 Å². The number of nitrogens with two attached hydrogens (primary N) is 1. The van der Waals surface area contributed by atoms with Gasteiger partial charge in [0.2, 0.25) is 0 Å². The monoisotopic (exact) mass is 248 g/mol. The molecule has 0 bridgehead atoms. The van der Waals surface area contributed by atoms with Gasteiger partial charge in [-0.15, -0.1) is 0 Å².